The molecule has 13 heavy (non-hydrogen) atoms. The third-order valence-electron chi connectivity index (χ3n) is 2.16. The van der Waals surface area contributed by atoms with Crippen LogP contribution in [0.25, 0.3) is 0 Å². The Morgan fingerprint density at radius 3 is 2.00 bits per heavy atom. The van der Waals surface area contributed by atoms with E-state index in [1.807, 2.05) is 36.0 Å². The molecule has 4 heteroatoms. The highest BCUT2D eigenvalue weighted by atomic mass is 15.3. The van der Waals surface area contributed by atoms with Gasteiger partial charge >= 0.3 is 0 Å². The van der Waals surface area contributed by atoms with Crippen LogP contribution < -0.4 is 0 Å². The summed E-state index contributed by atoms with van der Waals surface area (Å²) in [6.07, 6.45) is 1.07. The van der Waals surface area contributed by atoms with Gasteiger partial charge in [-0.25, -0.2) is 0 Å². The molecule has 4 nitrogen and oxygen atoms in total. The number of hydrogen-bond donors (Lipinski definition) is 0. The van der Waals surface area contributed by atoms with Gasteiger partial charge < -0.3 is 9.80 Å². The Morgan fingerprint density at radius 2 is 1.62 bits per heavy atom. The molecular formula is C9H12N4. The molecule has 0 atom stereocenters. The molecule has 0 unspecified atom stereocenters. The van der Waals surface area contributed by atoms with Crippen molar-refractivity contribution >= 4 is 0 Å². The van der Waals surface area contributed by atoms with E-state index in [1.54, 1.807) is 0 Å². The van der Waals surface area contributed by atoms with Crippen LogP contribution >= 0.6 is 0 Å². The SMILES string of the molecule is CN1CCCN(C)C1=C(C#N)C#N. The van der Waals surface area contributed by atoms with Crippen molar-refractivity contribution in [1.82, 2.24) is 9.80 Å². The van der Waals surface area contributed by atoms with Crippen molar-refractivity contribution in [2.45, 2.75) is 6.42 Å². The number of rotatable bonds is 0. The van der Waals surface area contributed by atoms with Crippen LogP contribution in [-0.4, -0.2) is 37.0 Å². The standard InChI is InChI=1S/C9H12N4/c1-12-4-3-5-13(2)9(12)8(6-10)7-11/h3-5H2,1-2H3. The molecule has 0 aromatic rings. The number of allylic oxidation sites excluding steroid dienone is 1. The first-order valence-electron chi connectivity index (χ1n) is 4.17. The van der Waals surface area contributed by atoms with E-state index in [2.05, 4.69) is 0 Å². The molecule has 1 saturated heterocycles. The first kappa shape index (κ1) is 9.41. The molecule has 0 amide bonds. The summed E-state index contributed by atoms with van der Waals surface area (Å²) in [4.78, 5) is 3.90. The molecule has 0 bridgehead atoms. The van der Waals surface area contributed by atoms with Crippen LogP contribution in [0.4, 0.5) is 0 Å². The lowest BCUT2D eigenvalue weighted by Gasteiger charge is -2.35. The Bertz CT molecular complexity index is 277. The molecule has 0 aromatic heterocycles. The zero-order valence-corrected chi connectivity index (χ0v) is 7.91. The summed E-state index contributed by atoms with van der Waals surface area (Å²) in [5.41, 5.74) is 0.199. The van der Waals surface area contributed by atoms with E-state index in [-0.39, 0.29) is 5.57 Å². The number of nitriles is 2. The summed E-state index contributed by atoms with van der Waals surface area (Å²) in [7, 11) is 3.80. The lowest BCUT2D eigenvalue weighted by molar-refractivity contribution is 0.209. The number of nitrogens with zero attached hydrogens (tertiary/aromatic N) is 4. The quantitative estimate of drug-likeness (QED) is 0.505. The van der Waals surface area contributed by atoms with E-state index in [9.17, 15) is 0 Å². The summed E-state index contributed by atoms with van der Waals surface area (Å²) in [6, 6.07) is 3.83. The molecule has 0 N–H and O–H groups in total. The lowest BCUT2D eigenvalue weighted by atomic mass is 10.2. The Balaban J connectivity index is 3.06. The van der Waals surface area contributed by atoms with Crippen LogP contribution in [-0.2, 0) is 0 Å². The molecule has 0 spiro atoms. The minimum atomic E-state index is 0.199. The monoisotopic (exact) mass is 176 g/mol. The average Bonchev–Trinajstić information content (AvgIpc) is 2.11. The van der Waals surface area contributed by atoms with Gasteiger partial charge in [0.2, 0.25) is 0 Å². The number of hydrogen-bond acceptors (Lipinski definition) is 4. The second kappa shape index (κ2) is 3.82. The lowest BCUT2D eigenvalue weighted by Crippen LogP contribution is -2.39. The third-order valence-corrected chi connectivity index (χ3v) is 2.16. The topological polar surface area (TPSA) is 54.1 Å². The van der Waals surface area contributed by atoms with E-state index in [4.69, 9.17) is 10.5 Å². The molecule has 0 saturated carbocycles. The minimum absolute atomic E-state index is 0.199. The summed E-state index contributed by atoms with van der Waals surface area (Å²) in [5.74, 6) is 0.747. The van der Waals surface area contributed by atoms with Gasteiger partial charge in [-0.15, -0.1) is 0 Å². The van der Waals surface area contributed by atoms with Gasteiger partial charge in [-0.3, -0.25) is 0 Å². The Labute approximate surface area is 78.3 Å². The molecule has 1 aliphatic heterocycles. The van der Waals surface area contributed by atoms with Crippen LogP contribution in [0.3, 0.4) is 0 Å². The summed E-state index contributed by atoms with van der Waals surface area (Å²) < 4.78 is 0. The third kappa shape index (κ3) is 1.73. The van der Waals surface area contributed by atoms with Crippen LogP contribution in [0, 0.1) is 22.7 Å². The van der Waals surface area contributed by atoms with Gasteiger partial charge in [0, 0.05) is 27.2 Å². The van der Waals surface area contributed by atoms with E-state index in [0.717, 1.165) is 25.3 Å². The molecule has 1 fully saturated rings. The predicted octanol–water partition coefficient (Wildman–Crippen LogP) is 0.512. The van der Waals surface area contributed by atoms with Crippen LogP contribution in [0.1, 0.15) is 6.42 Å². The Kier molecular flexibility index (Phi) is 2.76. The summed E-state index contributed by atoms with van der Waals surface area (Å²) in [5, 5.41) is 17.5. The van der Waals surface area contributed by atoms with E-state index in [0.29, 0.717) is 0 Å². The maximum atomic E-state index is 8.73. The normalized spacial score (nSPS) is 16.5. The fourth-order valence-electron chi connectivity index (χ4n) is 1.55. The van der Waals surface area contributed by atoms with Gasteiger partial charge in [0.25, 0.3) is 0 Å². The smallest absolute Gasteiger partial charge is 0.169 e. The molecule has 1 aliphatic rings. The zero-order chi connectivity index (χ0) is 9.84. The molecular weight excluding hydrogens is 164 g/mol. The van der Waals surface area contributed by atoms with Gasteiger partial charge in [0.1, 0.15) is 18.0 Å². The highest BCUT2D eigenvalue weighted by molar-refractivity contribution is 5.39. The molecule has 0 aliphatic carbocycles. The van der Waals surface area contributed by atoms with Gasteiger partial charge in [0.05, 0.1) is 0 Å². The van der Waals surface area contributed by atoms with Crippen molar-refractivity contribution in [1.29, 1.82) is 10.5 Å². The Morgan fingerprint density at radius 1 is 1.15 bits per heavy atom. The van der Waals surface area contributed by atoms with Crippen molar-refractivity contribution in [2.75, 3.05) is 27.2 Å². The maximum Gasteiger partial charge on any atom is 0.169 e. The minimum Gasteiger partial charge on any atom is -0.360 e. The van der Waals surface area contributed by atoms with Gasteiger partial charge in [-0.05, 0) is 6.42 Å². The Hall–Kier alpha value is -1.68. The molecule has 68 valence electrons. The predicted molar refractivity (Wildman–Crippen MR) is 48.1 cm³/mol. The highest BCUT2D eigenvalue weighted by Gasteiger charge is 2.19. The van der Waals surface area contributed by atoms with Crippen LogP contribution in [0.15, 0.2) is 11.4 Å². The molecule has 0 aromatic carbocycles. The van der Waals surface area contributed by atoms with Crippen LogP contribution in [0.2, 0.25) is 0 Å². The zero-order valence-electron chi connectivity index (χ0n) is 7.91. The van der Waals surface area contributed by atoms with E-state index in [1.165, 1.54) is 0 Å². The summed E-state index contributed by atoms with van der Waals surface area (Å²) in [6.45, 7) is 1.82. The van der Waals surface area contributed by atoms with E-state index < -0.39 is 0 Å². The highest BCUT2D eigenvalue weighted by Crippen LogP contribution is 2.17. The molecule has 1 heterocycles. The van der Waals surface area contributed by atoms with Crippen molar-refractivity contribution in [2.24, 2.45) is 0 Å². The molecule has 1 rings (SSSR count). The van der Waals surface area contributed by atoms with Gasteiger partial charge in [-0.2, -0.15) is 10.5 Å². The summed E-state index contributed by atoms with van der Waals surface area (Å²) >= 11 is 0. The van der Waals surface area contributed by atoms with Crippen LogP contribution in [0.5, 0.6) is 0 Å². The maximum absolute atomic E-state index is 8.73. The largest absolute Gasteiger partial charge is 0.360 e. The first-order valence-corrected chi connectivity index (χ1v) is 4.17. The van der Waals surface area contributed by atoms with Crippen molar-refractivity contribution < 1.29 is 0 Å². The van der Waals surface area contributed by atoms with Crippen molar-refractivity contribution in [3.05, 3.63) is 11.4 Å². The fraction of sp³-hybridized carbons (Fsp3) is 0.556. The van der Waals surface area contributed by atoms with Gasteiger partial charge in [-0.1, -0.05) is 0 Å². The first-order chi connectivity index (χ1) is 6.20. The second-order valence-electron chi connectivity index (χ2n) is 3.12. The van der Waals surface area contributed by atoms with Crippen molar-refractivity contribution in [3.8, 4) is 12.1 Å². The second-order valence-corrected chi connectivity index (χ2v) is 3.12. The fourth-order valence-corrected chi connectivity index (χ4v) is 1.55. The van der Waals surface area contributed by atoms with Crippen molar-refractivity contribution in [3.63, 3.8) is 0 Å². The van der Waals surface area contributed by atoms with Gasteiger partial charge in [0.15, 0.2) is 5.57 Å². The van der Waals surface area contributed by atoms with E-state index >= 15 is 0 Å². The average molecular weight is 176 g/mol. The molecule has 0 radical (unpaired) electrons.